The van der Waals surface area contributed by atoms with Crippen LogP contribution in [-0.2, 0) is 0 Å². The smallest absolute Gasteiger partial charge is 0.253 e. The van der Waals surface area contributed by atoms with Gasteiger partial charge in [0, 0.05) is 13.1 Å². The second kappa shape index (κ2) is 4.11. The number of aliphatic hydroxyl groups is 2. The van der Waals surface area contributed by atoms with Crippen molar-refractivity contribution < 1.29 is 27.8 Å². The molecule has 1 aliphatic heterocycles. The third-order valence-electron chi connectivity index (χ3n) is 2.55. The summed E-state index contributed by atoms with van der Waals surface area (Å²) >= 11 is 0. The molecule has 4 nitrogen and oxygen atoms in total. The lowest BCUT2D eigenvalue weighted by atomic mass is 10.3. The van der Waals surface area contributed by atoms with E-state index in [1.165, 1.54) is 0 Å². The average Bonchev–Trinajstić information content (AvgIpc) is 2.57. The summed E-state index contributed by atoms with van der Waals surface area (Å²) in [5.41, 5.74) is -0.967. The Kier molecular flexibility index (Phi) is 2.92. The highest BCUT2D eigenvalue weighted by Crippen LogP contribution is 2.29. The maximum Gasteiger partial charge on any atom is 0.253 e. The summed E-state index contributed by atoms with van der Waals surface area (Å²) in [6.45, 7) is -0.643. The summed E-state index contributed by atoms with van der Waals surface area (Å²) in [6.07, 6.45) is -2.46. The summed E-state index contributed by atoms with van der Waals surface area (Å²) in [4.78, 5) is 3.24. The number of aromatic nitrogens is 1. The molecule has 2 atom stereocenters. The van der Waals surface area contributed by atoms with Gasteiger partial charge in [-0.25, -0.2) is 0 Å². The maximum absolute atomic E-state index is 13.3. The molecule has 0 radical (unpaired) electrons. The molecule has 1 saturated heterocycles. The molecule has 2 N–H and O–H groups in total. The molecule has 17 heavy (non-hydrogen) atoms. The Hall–Kier alpha value is -1.41. The summed E-state index contributed by atoms with van der Waals surface area (Å²) in [5, 5.41) is 18.4. The van der Waals surface area contributed by atoms with E-state index < -0.39 is 41.4 Å². The Morgan fingerprint density at radius 1 is 0.941 bits per heavy atom. The molecular formula is C9H8F4N2O2. The number of hydrogen-bond donors (Lipinski definition) is 2. The summed E-state index contributed by atoms with van der Waals surface area (Å²) < 4.78 is 52.2. The number of pyridine rings is 1. The standard InChI is InChI=1S/C9H8F4N2O2/c10-5-7(6(11)9(13)14-8(5)12)15-1-3(16)4(17)2-15/h3-4,16-17H,1-2H2. The normalized spacial score (nSPS) is 24.5. The first-order valence-corrected chi connectivity index (χ1v) is 4.73. The highest BCUT2D eigenvalue weighted by Gasteiger charge is 2.35. The molecule has 1 aromatic rings. The summed E-state index contributed by atoms with van der Waals surface area (Å²) in [7, 11) is 0. The van der Waals surface area contributed by atoms with Gasteiger partial charge in [-0.15, -0.1) is 0 Å². The van der Waals surface area contributed by atoms with Gasteiger partial charge in [-0.3, -0.25) is 0 Å². The number of rotatable bonds is 1. The molecule has 1 aliphatic rings. The Balaban J connectivity index is 2.45. The third-order valence-corrected chi connectivity index (χ3v) is 2.55. The van der Waals surface area contributed by atoms with E-state index in [9.17, 15) is 27.8 Å². The molecule has 2 unspecified atom stereocenters. The molecule has 0 aromatic carbocycles. The van der Waals surface area contributed by atoms with Gasteiger partial charge in [0.15, 0.2) is 0 Å². The van der Waals surface area contributed by atoms with Crippen LogP contribution >= 0.6 is 0 Å². The molecule has 0 amide bonds. The number of halogens is 4. The topological polar surface area (TPSA) is 56.6 Å². The van der Waals surface area contributed by atoms with Gasteiger partial charge < -0.3 is 15.1 Å². The van der Waals surface area contributed by atoms with Gasteiger partial charge in [-0.05, 0) is 0 Å². The first-order valence-electron chi connectivity index (χ1n) is 4.73. The quantitative estimate of drug-likeness (QED) is 0.553. The van der Waals surface area contributed by atoms with Crippen LogP contribution < -0.4 is 4.90 Å². The fourth-order valence-electron chi connectivity index (χ4n) is 1.71. The number of β-amino-alcohol motifs (C(OH)–C–C–N with tert-alkyl or cyclic N) is 2. The Bertz CT molecular complexity index is 421. The van der Waals surface area contributed by atoms with Gasteiger partial charge in [-0.2, -0.15) is 22.5 Å². The lowest BCUT2D eigenvalue weighted by molar-refractivity contribution is 0.0572. The molecule has 94 valence electrons. The first-order chi connectivity index (χ1) is 7.91. The Labute approximate surface area is 93.1 Å². The van der Waals surface area contributed by atoms with Crippen molar-refractivity contribution in [3.05, 3.63) is 23.5 Å². The van der Waals surface area contributed by atoms with Gasteiger partial charge in [0.2, 0.25) is 11.6 Å². The van der Waals surface area contributed by atoms with E-state index in [0.29, 0.717) is 0 Å². The van der Waals surface area contributed by atoms with Gasteiger partial charge in [0.1, 0.15) is 5.69 Å². The van der Waals surface area contributed by atoms with Crippen LogP contribution in [0.2, 0.25) is 0 Å². The highest BCUT2D eigenvalue weighted by atomic mass is 19.2. The lowest BCUT2D eigenvalue weighted by Gasteiger charge is -2.18. The van der Waals surface area contributed by atoms with E-state index >= 15 is 0 Å². The van der Waals surface area contributed by atoms with Crippen molar-refractivity contribution in [1.82, 2.24) is 4.98 Å². The number of aliphatic hydroxyl groups excluding tert-OH is 2. The SMILES string of the molecule is OC1CN(c2c(F)c(F)nc(F)c2F)CC1O. The van der Waals surface area contributed by atoms with E-state index in [4.69, 9.17) is 0 Å². The Morgan fingerprint density at radius 3 is 1.76 bits per heavy atom. The predicted octanol–water partition coefficient (Wildman–Crippen LogP) is 0.180. The molecule has 0 bridgehead atoms. The fraction of sp³-hybridized carbons (Fsp3) is 0.444. The van der Waals surface area contributed by atoms with Crippen LogP contribution in [0, 0.1) is 23.5 Å². The van der Waals surface area contributed by atoms with Crippen LogP contribution in [0.3, 0.4) is 0 Å². The van der Waals surface area contributed by atoms with Gasteiger partial charge in [-0.1, -0.05) is 0 Å². The van der Waals surface area contributed by atoms with Crippen molar-refractivity contribution >= 4 is 5.69 Å². The molecule has 8 heteroatoms. The van der Waals surface area contributed by atoms with E-state index in [0.717, 1.165) is 4.90 Å². The second-order valence-corrected chi connectivity index (χ2v) is 3.71. The zero-order valence-corrected chi connectivity index (χ0v) is 8.37. The number of anilines is 1. The molecule has 0 saturated carbocycles. The van der Waals surface area contributed by atoms with Crippen LogP contribution in [0.4, 0.5) is 23.2 Å². The molecular weight excluding hydrogens is 244 g/mol. The molecule has 0 spiro atoms. The van der Waals surface area contributed by atoms with Gasteiger partial charge in [0.25, 0.3) is 11.9 Å². The average molecular weight is 252 g/mol. The first kappa shape index (κ1) is 12.1. The lowest BCUT2D eigenvalue weighted by Crippen LogP contribution is -2.25. The monoisotopic (exact) mass is 252 g/mol. The van der Waals surface area contributed by atoms with Crippen molar-refractivity contribution in [2.75, 3.05) is 18.0 Å². The zero-order valence-electron chi connectivity index (χ0n) is 8.37. The minimum atomic E-state index is -1.77. The van der Waals surface area contributed by atoms with Crippen molar-refractivity contribution in [3.63, 3.8) is 0 Å². The van der Waals surface area contributed by atoms with Crippen LogP contribution in [-0.4, -0.2) is 40.5 Å². The number of nitrogens with zero attached hydrogens (tertiary/aromatic N) is 2. The highest BCUT2D eigenvalue weighted by molar-refractivity contribution is 5.50. The summed E-state index contributed by atoms with van der Waals surface area (Å²) in [6, 6.07) is 0. The maximum atomic E-state index is 13.3. The fourth-order valence-corrected chi connectivity index (χ4v) is 1.71. The van der Waals surface area contributed by atoms with Crippen molar-refractivity contribution in [1.29, 1.82) is 0 Å². The predicted molar refractivity (Wildman–Crippen MR) is 48.3 cm³/mol. The molecule has 0 aliphatic carbocycles. The van der Waals surface area contributed by atoms with E-state index in [1.807, 2.05) is 0 Å². The largest absolute Gasteiger partial charge is 0.389 e. The molecule has 1 aromatic heterocycles. The molecule has 2 rings (SSSR count). The van der Waals surface area contributed by atoms with E-state index in [2.05, 4.69) is 4.98 Å². The Morgan fingerprint density at radius 2 is 1.35 bits per heavy atom. The van der Waals surface area contributed by atoms with Crippen LogP contribution in [0.1, 0.15) is 0 Å². The van der Waals surface area contributed by atoms with Crippen molar-refractivity contribution in [2.24, 2.45) is 0 Å². The van der Waals surface area contributed by atoms with Crippen molar-refractivity contribution in [2.45, 2.75) is 12.2 Å². The minimum Gasteiger partial charge on any atom is -0.389 e. The molecule has 1 fully saturated rings. The summed E-state index contributed by atoms with van der Waals surface area (Å²) in [5.74, 6) is -6.83. The zero-order chi connectivity index (χ0) is 12.7. The van der Waals surface area contributed by atoms with Crippen LogP contribution in [0.15, 0.2) is 0 Å². The van der Waals surface area contributed by atoms with Crippen LogP contribution in [0.25, 0.3) is 0 Å². The van der Waals surface area contributed by atoms with E-state index in [1.54, 1.807) is 0 Å². The van der Waals surface area contributed by atoms with Crippen LogP contribution in [0.5, 0.6) is 0 Å². The van der Waals surface area contributed by atoms with E-state index in [-0.39, 0.29) is 13.1 Å². The minimum absolute atomic E-state index is 0.322. The second-order valence-electron chi connectivity index (χ2n) is 3.71. The van der Waals surface area contributed by atoms with Gasteiger partial charge >= 0.3 is 0 Å². The van der Waals surface area contributed by atoms with Crippen molar-refractivity contribution in [3.8, 4) is 0 Å². The number of hydrogen-bond acceptors (Lipinski definition) is 4. The molecule has 2 heterocycles. The third kappa shape index (κ3) is 1.93. The van der Waals surface area contributed by atoms with Gasteiger partial charge in [0.05, 0.1) is 12.2 Å².